The summed E-state index contributed by atoms with van der Waals surface area (Å²) in [6, 6.07) is 13.2. The summed E-state index contributed by atoms with van der Waals surface area (Å²) in [4.78, 5) is 12.3. The van der Waals surface area contributed by atoms with E-state index in [1.165, 1.54) is 0 Å². The van der Waals surface area contributed by atoms with Crippen LogP contribution in [-0.2, 0) is 20.4 Å². The lowest BCUT2D eigenvalue weighted by molar-refractivity contribution is -0.118. The van der Waals surface area contributed by atoms with Gasteiger partial charge in [0.15, 0.2) is 6.61 Å². The Bertz CT molecular complexity index is 1190. The van der Waals surface area contributed by atoms with E-state index < -0.39 is 15.7 Å². The number of hydrogen-bond acceptors (Lipinski definition) is 7. The highest BCUT2D eigenvalue weighted by Crippen LogP contribution is 2.28. The third-order valence-corrected chi connectivity index (χ3v) is 7.63. The van der Waals surface area contributed by atoms with Crippen LogP contribution in [0, 0.1) is 13.8 Å². The number of rotatable bonds is 8. The molecule has 0 spiro atoms. The topological polar surface area (TPSA) is 98.2 Å². The van der Waals surface area contributed by atoms with Crippen LogP contribution in [0.2, 0.25) is 0 Å². The van der Waals surface area contributed by atoms with E-state index in [0.717, 1.165) is 28.0 Å². The second-order valence-corrected chi connectivity index (χ2v) is 10.7. The SMILES string of the molecule is Cc1ccc(C(C)C)c(OCC(=O)Nc2nnc(S(=O)(=O)Cc3ccccc3C)s2)c1. The van der Waals surface area contributed by atoms with Crippen LogP contribution in [0.15, 0.2) is 46.8 Å². The lowest BCUT2D eigenvalue weighted by Gasteiger charge is -2.14. The molecule has 0 aliphatic heterocycles. The molecule has 0 fully saturated rings. The Kier molecular flexibility index (Phi) is 7.07. The number of nitrogens with zero attached hydrogens (tertiary/aromatic N) is 2. The van der Waals surface area contributed by atoms with Crippen molar-refractivity contribution in [1.82, 2.24) is 10.2 Å². The number of hydrogen-bond donors (Lipinski definition) is 1. The molecule has 1 heterocycles. The Hall–Kier alpha value is -2.78. The van der Waals surface area contributed by atoms with Gasteiger partial charge in [0.25, 0.3) is 5.91 Å². The molecule has 31 heavy (non-hydrogen) atoms. The predicted octanol–water partition coefficient (Wildman–Crippen LogP) is 4.27. The van der Waals surface area contributed by atoms with Crippen molar-refractivity contribution in [3.63, 3.8) is 0 Å². The van der Waals surface area contributed by atoms with Gasteiger partial charge in [-0.1, -0.05) is 61.6 Å². The molecule has 1 N–H and O–H groups in total. The van der Waals surface area contributed by atoms with Crippen LogP contribution in [0.4, 0.5) is 5.13 Å². The fourth-order valence-corrected chi connectivity index (χ4v) is 5.40. The molecule has 0 atom stereocenters. The normalized spacial score (nSPS) is 11.5. The maximum atomic E-state index is 12.7. The Morgan fingerprint density at radius 3 is 2.58 bits per heavy atom. The summed E-state index contributed by atoms with van der Waals surface area (Å²) in [6.07, 6.45) is 0. The van der Waals surface area contributed by atoms with Crippen molar-refractivity contribution in [2.75, 3.05) is 11.9 Å². The largest absolute Gasteiger partial charge is 0.483 e. The minimum absolute atomic E-state index is 0.116. The lowest BCUT2D eigenvalue weighted by atomic mass is 10.0. The summed E-state index contributed by atoms with van der Waals surface area (Å²) in [5.41, 5.74) is 3.64. The molecule has 3 aromatic rings. The van der Waals surface area contributed by atoms with E-state index >= 15 is 0 Å². The molecule has 9 heteroatoms. The fourth-order valence-electron chi connectivity index (χ4n) is 2.97. The average molecular weight is 460 g/mol. The molecule has 164 valence electrons. The molecule has 0 saturated heterocycles. The second-order valence-electron chi connectivity index (χ2n) is 7.59. The minimum Gasteiger partial charge on any atom is -0.483 e. The van der Waals surface area contributed by atoms with Crippen molar-refractivity contribution < 1.29 is 17.9 Å². The van der Waals surface area contributed by atoms with E-state index in [1.807, 2.05) is 44.2 Å². The molecule has 0 aliphatic rings. The maximum absolute atomic E-state index is 12.7. The van der Waals surface area contributed by atoms with Gasteiger partial charge in [0.2, 0.25) is 19.3 Å². The van der Waals surface area contributed by atoms with Crippen LogP contribution in [0.25, 0.3) is 0 Å². The van der Waals surface area contributed by atoms with Crippen LogP contribution >= 0.6 is 11.3 Å². The molecule has 0 unspecified atom stereocenters. The fraction of sp³-hybridized carbons (Fsp3) is 0.318. The summed E-state index contributed by atoms with van der Waals surface area (Å²) < 4.78 is 30.9. The van der Waals surface area contributed by atoms with Crippen molar-refractivity contribution in [3.8, 4) is 5.75 Å². The quantitative estimate of drug-likeness (QED) is 0.505. The highest BCUT2D eigenvalue weighted by Gasteiger charge is 2.22. The summed E-state index contributed by atoms with van der Waals surface area (Å²) in [5.74, 6) is 0.304. The number of nitrogens with one attached hydrogen (secondary N) is 1. The number of ether oxygens (including phenoxy) is 1. The number of sulfone groups is 1. The standard InChI is InChI=1S/C22H25N3O4S2/c1-14(2)18-10-9-15(3)11-19(18)29-12-20(26)23-21-24-25-22(30-21)31(27,28)13-17-8-6-5-7-16(17)4/h5-11,14H,12-13H2,1-4H3,(H,23,24,26). The molecular formula is C22H25N3O4S2. The van der Waals surface area contributed by atoms with Crippen molar-refractivity contribution in [1.29, 1.82) is 0 Å². The Balaban J connectivity index is 1.64. The minimum atomic E-state index is -3.66. The molecular weight excluding hydrogens is 434 g/mol. The van der Waals surface area contributed by atoms with Gasteiger partial charge in [-0.05, 0) is 48.1 Å². The summed E-state index contributed by atoms with van der Waals surface area (Å²) in [5, 5.41) is 10.2. The first-order chi connectivity index (χ1) is 14.7. The van der Waals surface area contributed by atoms with Crippen LogP contribution in [0.1, 0.15) is 42.0 Å². The molecule has 0 saturated carbocycles. The van der Waals surface area contributed by atoms with E-state index in [9.17, 15) is 13.2 Å². The van der Waals surface area contributed by atoms with Crippen molar-refractivity contribution >= 4 is 32.2 Å². The second kappa shape index (κ2) is 9.57. The zero-order chi connectivity index (χ0) is 22.6. The zero-order valence-electron chi connectivity index (χ0n) is 17.9. The van der Waals surface area contributed by atoms with Gasteiger partial charge in [-0.15, -0.1) is 10.2 Å². The van der Waals surface area contributed by atoms with E-state index in [1.54, 1.807) is 12.1 Å². The molecule has 3 rings (SSSR count). The first-order valence-corrected chi connectivity index (χ1v) is 12.3. The maximum Gasteiger partial charge on any atom is 0.264 e. The van der Waals surface area contributed by atoms with Gasteiger partial charge in [-0.25, -0.2) is 8.42 Å². The van der Waals surface area contributed by atoms with Crippen LogP contribution < -0.4 is 10.1 Å². The van der Waals surface area contributed by atoms with Gasteiger partial charge in [-0.3, -0.25) is 10.1 Å². The van der Waals surface area contributed by atoms with E-state index in [0.29, 0.717) is 11.3 Å². The van der Waals surface area contributed by atoms with Gasteiger partial charge in [-0.2, -0.15) is 0 Å². The first kappa shape index (κ1) is 22.9. The van der Waals surface area contributed by atoms with E-state index in [4.69, 9.17) is 4.74 Å². The van der Waals surface area contributed by atoms with Crippen molar-refractivity contribution in [2.45, 2.75) is 43.7 Å². The monoisotopic (exact) mass is 459 g/mol. The molecule has 0 bridgehead atoms. The highest BCUT2D eigenvalue weighted by atomic mass is 32.2. The highest BCUT2D eigenvalue weighted by molar-refractivity contribution is 7.92. The number of amides is 1. The Morgan fingerprint density at radius 2 is 1.87 bits per heavy atom. The summed E-state index contributed by atoms with van der Waals surface area (Å²) >= 11 is 0.828. The molecule has 1 aromatic heterocycles. The predicted molar refractivity (Wildman–Crippen MR) is 121 cm³/mol. The first-order valence-electron chi connectivity index (χ1n) is 9.79. The molecule has 7 nitrogen and oxygen atoms in total. The number of aryl methyl sites for hydroxylation is 2. The van der Waals surface area contributed by atoms with E-state index in [-0.39, 0.29) is 27.7 Å². The van der Waals surface area contributed by atoms with Gasteiger partial charge >= 0.3 is 0 Å². The van der Waals surface area contributed by atoms with Gasteiger partial charge in [0, 0.05) is 0 Å². The number of anilines is 1. The number of carbonyl (C=O) groups is 1. The van der Waals surface area contributed by atoms with Crippen LogP contribution in [-0.4, -0.2) is 31.1 Å². The average Bonchev–Trinajstić information content (AvgIpc) is 3.17. The number of carbonyl (C=O) groups excluding carboxylic acids is 1. The Labute approximate surface area is 186 Å². The van der Waals surface area contributed by atoms with Crippen molar-refractivity contribution in [2.24, 2.45) is 0 Å². The zero-order valence-corrected chi connectivity index (χ0v) is 19.5. The van der Waals surface area contributed by atoms with Gasteiger partial charge in [0.1, 0.15) is 5.75 Å². The summed E-state index contributed by atoms with van der Waals surface area (Å²) in [7, 11) is -3.66. The van der Waals surface area contributed by atoms with Crippen molar-refractivity contribution in [3.05, 3.63) is 64.7 Å². The summed E-state index contributed by atoms with van der Waals surface area (Å²) in [6.45, 7) is 7.70. The lowest BCUT2D eigenvalue weighted by Crippen LogP contribution is -2.20. The third-order valence-electron chi connectivity index (χ3n) is 4.68. The molecule has 2 aromatic carbocycles. The van der Waals surface area contributed by atoms with Gasteiger partial charge in [0.05, 0.1) is 5.75 Å². The molecule has 0 radical (unpaired) electrons. The molecule has 1 amide bonds. The van der Waals surface area contributed by atoms with Crippen LogP contribution in [0.5, 0.6) is 5.75 Å². The van der Waals surface area contributed by atoms with Crippen LogP contribution in [0.3, 0.4) is 0 Å². The van der Waals surface area contributed by atoms with E-state index in [2.05, 4.69) is 29.4 Å². The number of benzene rings is 2. The third kappa shape index (κ3) is 5.89. The molecule has 0 aliphatic carbocycles. The Morgan fingerprint density at radius 1 is 1.13 bits per heavy atom. The smallest absolute Gasteiger partial charge is 0.264 e. The van der Waals surface area contributed by atoms with Gasteiger partial charge < -0.3 is 4.74 Å². The number of aromatic nitrogens is 2.